The zero-order valence-electron chi connectivity index (χ0n) is 7.70. The second-order valence-corrected chi connectivity index (χ2v) is 3.53. The van der Waals surface area contributed by atoms with Crippen molar-refractivity contribution in [3.05, 3.63) is 28.9 Å². The maximum atomic E-state index is 10.4. The Morgan fingerprint density at radius 2 is 2.36 bits per heavy atom. The van der Waals surface area contributed by atoms with E-state index in [0.29, 0.717) is 5.02 Å². The van der Waals surface area contributed by atoms with Gasteiger partial charge in [0.1, 0.15) is 6.29 Å². The van der Waals surface area contributed by atoms with E-state index >= 15 is 0 Å². The Kier molecular flexibility index (Phi) is 2.25. The van der Waals surface area contributed by atoms with Crippen LogP contribution in [0.15, 0.2) is 18.2 Å². The fraction of sp³-hybridized carbons (Fsp3) is 0.200. The summed E-state index contributed by atoms with van der Waals surface area (Å²) in [4.78, 5) is 10.4. The molecule has 0 radical (unpaired) electrons. The molecule has 0 saturated heterocycles. The third-order valence-corrected chi connectivity index (χ3v) is 2.38. The van der Waals surface area contributed by atoms with Crippen molar-refractivity contribution in [2.75, 3.05) is 0 Å². The molecule has 72 valence electrons. The summed E-state index contributed by atoms with van der Waals surface area (Å²) in [5.74, 6) is 0. The van der Waals surface area contributed by atoms with Gasteiger partial charge in [0.2, 0.25) is 0 Å². The molecule has 0 unspecified atom stereocenters. The maximum Gasteiger partial charge on any atom is 0.141 e. The first-order valence-corrected chi connectivity index (χ1v) is 4.66. The normalized spacial score (nSPS) is 10.7. The number of aldehydes is 1. The van der Waals surface area contributed by atoms with E-state index in [0.717, 1.165) is 22.9 Å². The molecule has 14 heavy (non-hydrogen) atoms. The molecule has 0 aliphatic heterocycles. The summed E-state index contributed by atoms with van der Waals surface area (Å²) in [5, 5.41) is 5.93. The van der Waals surface area contributed by atoms with Gasteiger partial charge in [0, 0.05) is 10.4 Å². The predicted molar refractivity (Wildman–Crippen MR) is 55.5 cm³/mol. The lowest BCUT2D eigenvalue weighted by molar-refractivity contribution is -0.108. The van der Waals surface area contributed by atoms with Gasteiger partial charge in [-0.15, -0.1) is 0 Å². The smallest absolute Gasteiger partial charge is 0.141 e. The van der Waals surface area contributed by atoms with Crippen molar-refractivity contribution >= 4 is 28.8 Å². The first-order chi connectivity index (χ1) is 6.72. The van der Waals surface area contributed by atoms with E-state index in [2.05, 4.69) is 5.10 Å². The monoisotopic (exact) mass is 208 g/mol. The van der Waals surface area contributed by atoms with Crippen molar-refractivity contribution in [2.24, 2.45) is 0 Å². The quantitative estimate of drug-likeness (QED) is 0.710. The molecular weight excluding hydrogens is 200 g/mol. The Balaban J connectivity index is 2.70. The van der Waals surface area contributed by atoms with Crippen molar-refractivity contribution in [3.63, 3.8) is 0 Å². The first-order valence-electron chi connectivity index (χ1n) is 4.28. The highest BCUT2D eigenvalue weighted by Crippen LogP contribution is 2.21. The van der Waals surface area contributed by atoms with Crippen LogP contribution in [0, 0.1) is 6.92 Å². The molecule has 1 aromatic carbocycles. The molecule has 0 amide bonds. The number of hydrogen-bond acceptors (Lipinski definition) is 2. The lowest BCUT2D eigenvalue weighted by Crippen LogP contribution is -2.00. The Labute approximate surface area is 86.3 Å². The van der Waals surface area contributed by atoms with Gasteiger partial charge in [-0.25, -0.2) is 0 Å². The van der Waals surface area contributed by atoms with Crippen LogP contribution in [0.2, 0.25) is 5.02 Å². The standard InChI is InChI=1S/C10H9ClN2O/c1-7-9-6-8(11)2-3-10(9)13(12-7)4-5-14/h2-3,5-6H,4H2,1H3. The number of hydrogen-bond donors (Lipinski definition) is 0. The number of carbonyl (C=O) groups excluding carboxylic acids is 1. The Morgan fingerprint density at radius 1 is 1.57 bits per heavy atom. The topological polar surface area (TPSA) is 34.9 Å². The molecule has 0 bridgehead atoms. The highest BCUT2D eigenvalue weighted by molar-refractivity contribution is 6.31. The van der Waals surface area contributed by atoms with Crippen LogP contribution < -0.4 is 0 Å². The van der Waals surface area contributed by atoms with Crippen molar-refractivity contribution in [1.29, 1.82) is 0 Å². The minimum Gasteiger partial charge on any atom is -0.301 e. The summed E-state index contributed by atoms with van der Waals surface area (Å²) >= 11 is 5.87. The minimum atomic E-state index is 0.284. The van der Waals surface area contributed by atoms with Crippen molar-refractivity contribution < 1.29 is 4.79 Å². The number of carbonyl (C=O) groups is 1. The van der Waals surface area contributed by atoms with Crippen LogP contribution in [0.5, 0.6) is 0 Å². The van der Waals surface area contributed by atoms with E-state index in [-0.39, 0.29) is 6.54 Å². The average Bonchev–Trinajstić information content (AvgIpc) is 2.44. The van der Waals surface area contributed by atoms with E-state index in [1.165, 1.54) is 0 Å². The summed E-state index contributed by atoms with van der Waals surface area (Å²) in [5.41, 5.74) is 1.84. The van der Waals surface area contributed by atoms with Crippen LogP contribution in [0.3, 0.4) is 0 Å². The molecule has 0 aliphatic carbocycles. The molecule has 0 N–H and O–H groups in total. The van der Waals surface area contributed by atoms with Crippen LogP contribution >= 0.6 is 11.6 Å². The Bertz CT molecular complexity index is 490. The van der Waals surface area contributed by atoms with Crippen molar-refractivity contribution in [1.82, 2.24) is 9.78 Å². The number of rotatable bonds is 2. The molecule has 0 aliphatic rings. The molecule has 0 saturated carbocycles. The first kappa shape index (κ1) is 9.21. The SMILES string of the molecule is Cc1nn(CC=O)c2ccc(Cl)cc12. The number of fused-ring (bicyclic) bond motifs is 1. The summed E-state index contributed by atoms with van der Waals surface area (Å²) in [6.07, 6.45) is 0.834. The van der Waals surface area contributed by atoms with E-state index < -0.39 is 0 Å². The molecule has 0 fully saturated rings. The van der Waals surface area contributed by atoms with Crippen LogP contribution in [-0.2, 0) is 11.3 Å². The third kappa shape index (κ3) is 1.40. The molecule has 0 spiro atoms. The lowest BCUT2D eigenvalue weighted by atomic mass is 10.2. The van der Waals surface area contributed by atoms with Gasteiger partial charge in [0.15, 0.2) is 0 Å². The second kappa shape index (κ2) is 3.42. The molecular formula is C10H9ClN2O. The molecule has 1 aromatic heterocycles. The number of aryl methyl sites for hydroxylation is 1. The van der Waals surface area contributed by atoms with Crippen LogP contribution in [0.25, 0.3) is 10.9 Å². The summed E-state index contributed by atoms with van der Waals surface area (Å²) < 4.78 is 1.67. The van der Waals surface area contributed by atoms with Gasteiger partial charge in [-0.3, -0.25) is 4.68 Å². The molecule has 2 aromatic rings. The van der Waals surface area contributed by atoms with E-state index in [9.17, 15) is 4.79 Å². The highest BCUT2D eigenvalue weighted by Gasteiger charge is 2.06. The van der Waals surface area contributed by atoms with Crippen LogP contribution in [0.1, 0.15) is 5.69 Å². The fourth-order valence-electron chi connectivity index (χ4n) is 1.52. The lowest BCUT2D eigenvalue weighted by Gasteiger charge is -1.96. The maximum absolute atomic E-state index is 10.4. The fourth-order valence-corrected chi connectivity index (χ4v) is 1.69. The van der Waals surface area contributed by atoms with Crippen molar-refractivity contribution in [2.45, 2.75) is 13.5 Å². The zero-order chi connectivity index (χ0) is 10.1. The number of halogens is 1. The van der Waals surface area contributed by atoms with Gasteiger partial charge in [0.25, 0.3) is 0 Å². The molecule has 0 atom stereocenters. The van der Waals surface area contributed by atoms with E-state index in [4.69, 9.17) is 11.6 Å². The predicted octanol–water partition coefficient (Wildman–Crippen LogP) is 2.20. The van der Waals surface area contributed by atoms with Crippen LogP contribution in [-0.4, -0.2) is 16.1 Å². The average molecular weight is 209 g/mol. The van der Waals surface area contributed by atoms with Crippen molar-refractivity contribution in [3.8, 4) is 0 Å². The molecule has 4 heteroatoms. The Hall–Kier alpha value is -1.35. The van der Waals surface area contributed by atoms with E-state index in [1.807, 2.05) is 19.1 Å². The van der Waals surface area contributed by atoms with Crippen LogP contribution in [0.4, 0.5) is 0 Å². The summed E-state index contributed by atoms with van der Waals surface area (Å²) in [6, 6.07) is 5.54. The number of nitrogens with zero attached hydrogens (tertiary/aromatic N) is 2. The van der Waals surface area contributed by atoms with Gasteiger partial charge in [-0.2, -0.15) is 5.10 Å². The van der Waals surface area contributed by atoms with Gasteiger partial charge < -0.3 is 4.79 Å². The summed E-state index contributed by atoms with van der Waals surface area (Å²) in [7, 11) is 0. The largest absolute Gasteiger partial charge is 0.301 e. The third-order valence-electron chi connectivity index (χ3n) is 2.14. The zero-order valence-corrected chi connectivity index (χ0v) is 8.45. The number of aromatic nitrogens is 2. The van der Waals surface area contributed by atoms with Gasteiger partial charge >= 0.3 is 0 Å². The van der Waals surface area contributed by atoms with Gasteiger partial charge in [0.05, 0.1) is 17.8 Å². The molecule has 3 nitrogen and oxygen atoms in total. The van der Waals surface area contributed by atoms with E-state index in [1.54, 1.807) is 10.7 Å². The second-order valence-electron chi connectivity index (χ2n) is 3.10. The molecule has 1 heterocycles. The molecule has 2 rings (SSSR count). The van der Waals surface area contributed by atoms with Gasteiger partial charge in [-0.1, -0.05) is 11.6 Å². The highest BCUT2D eigenvalue weighted by atomic mass is 35.5. The Morgan fingerprint density at radius 3 is 3.07 bits per heavy atom. The minimum absolute atomic E-state index is 0.284. The summed E-state index contributed by atoms with van der Waals surface area (Å²) in [6.45, 7) is 2.19. The van der Waals surface area contributed by atoms with Gasteiger partial charge in [-0.05, 0) is 25.1 Å². The number of benzene rings is 1.